The van der Waals surface area contributed by atoms with Crippen LogP contribution >= 0.6 is 11.8 Å². The molecule has 0 unspecified atom stereocenters. The lowest BCUT2D eigenvalue weighted by Crippen LogP contribution is -2.16. The number of aromatic amines is 1. The van der Waals surface area contributed by atoms with E-state index in [4.69, 9.17) is 10.6 Å². The predicted molar refractivity (Wildman–Crippen MR) is 120 cm³/mol. The summed E-state index contributed by atoms with van der Waals surface area (Å²) in [5, 5.41) is 18.7. The van der Waals surface area contributed by atoms with E-state index in [2.05, 4.69) is 25.7 Å². The van der Waals surface area contributed by atoms with Gasteiger partial charge < -0.3 is 15.9 Å². The molecule has 9 nitrogen and oxygen atoms in total. The lowest BCUT2D eigenvalue weighted by Gasteiger charge is -2.07. The van der Waals surface area contributed by atoms with E-state index >= 15 is 0 Å². The van der Waals surface area contributed by atoms with Crippen LogP contribution in [0.4, 0.5) is 5.69 Å². The Morgan fingerprint density at radius 3 is 2.68 bits per heavy atom. The molecule has 158 valence electrons. The molecule has 0 fully saturated rings. The van der Waals surface area contributed by atoms with E-state index in [-0.39, 0.29) is 11.7 Å². The average Bonchev–Trinajstić information content (AvgIpc) is 3.41. The second kappa shape index (κ2) is 9.35. The molecule has 31 heavy (non-hydrogen) atoms. The number of anilines is 1. The molecule has 0 aliphatic carbocycles. The fourth-order valence-corrected chi connectivity index (χ4v) is 3.54. The van der Waals surface area contributed by atoms with Crippen LogP contribution in [0.3, 0.4) is 0 Å². The van der Waals surface area contributed by atoms with Crippen LogP contribution < -0.4 is 15.9 Å². The maximum absolute atomic E-state index is 12.3. The van der Waals surface area contributed by atoms with Crippen LogP contribution in [0, 0.1) is 0 Å². The highest BCUT2D eigenvalue weighted by molar-refractivity contribution is 7.99. The van der Waals surface area contributed by atoms with Gasteiger partial charge in [0.2, 0.25) is 16.9 Å². The SMILES string of the molecule is CCOc1ccc(NC(=O)CSc2nnc(-c3cc(-c4ccccc4)n[nH]3)n2N)cc1. The van der Waals surface area contributed by atoms with Gasteiger partial charge in [-0.25, -0.2) is 4.68 Å². The number of carbonyl (C=O) groups is 1. The summed E-state index contributed by atoms with van der Waals surface area (Å²) in [6.07, 6.45) is 0. The third-order valence-corrected chi connectivity index (χ3v) is 5.28. The minimum atomic E-state index is -0.174. The second-order valence-electron chi connectivity index (χ2n) is 6.50. The zero-order valence-electron chi connectivity index (χ0n) is 16.8. The maximum Gasteiger partial charge on any atom is 0.234 e. The maximum atomic E-state index is 12.3. The topological polar surface area (TPSA) is 124 Å². The van der Waals surface area contributed by atoms with Crippen molar-refractivity contribution in [3.05, 3.63) is 60.7 Å². The van der Waals surface area contributed by atoms with Gasteiger partial charge in [-0.05, 0) is 37.3 Å². The van der Waals surface area contributed by atoms with Gasteiger partial charge in [-0.15, -0.1) is 10.2 Å². The van der Waals surface area contributed by atoms with Gasteiger partial charge in [-0.3, -0.25) is 9.89 Å². The van der Waals surface area contributed by atoms with Crippen LogP contribution in [0.2, 0.25) is 0 Å². The number of hydrogen-bond acceptors (Lipinski definition) is 7. The minimum absolute atomic E-state index is 0.140. The summed E-state index contributed by atoms with van der Waals surface area (Å²) in [6, 6.07) is 18.8. The molecule has 0 radical (unpaired) electrons. The summed E-state index contributed by atoms with van der Waals surface area (Å²) < 4.78 is 6.74. The fourth-order valence-electron chi connectivity index (χ4n) is 2.88. The number of benzene rings is 2. The number of carbonyl (C=O) groups excluding carboxylic acids is 1. The molecule has 0 aliphatic rings. The zero-order chi connectivity index (χ0) is 21.6. The Bertz CT molecular complexity index is 1160. The Kier molecular flexibility index (Phi) is 6.18. The van der Waals surface area contributed by atoms with Crippen LogP contribution in [0.15, 0.2) is 65.8 Å². The third-order valence-electron chi connectivity index (χ3n) is 4.33. The number of H-pyrrole nitrogens is 1. The molecule has 0 atom stereocenters. The third kappa shape index (κ3) is 4.86. The molecular weight excluding hydrogens is 414 g/mol. The molecular formula is C21H21N7O2S. The van der Waals surface area contributed by atoms with E-state index < -0.39 is 0 Å². The van der Waals surface area contributed by atoms with Crippen molar-refractivity contribution in [1.29, 1.82) is 0 Å². The highest BCUT2D eigenvalue weighted by Gasteiger charge is 2.16. The van der Waals surface area contributed by atoms with Crippen molar-refractivity contribution in [2.24, 2.45) is 0 Å². The van der Waals surface area contributed by atoms with E-state index in [1.807, 2.05) is 55.5 Å². The van der Waals surface area contributed by atoms with Gasteiger partial charge in [0.05, 0.1) is 18.1 Å². The lowest BCUT2D eigenvalue weighted by molar-refractivity contribution is -0.113. The number of aromatic nitrogens is 5. The van der Waals surface area contributed by atoms with Crippen LogP contribution in [0.25, 0.3) is 22.8 Å². The Morgan fingerprint density at radius 1 is 1.16 bits per heavy atom. The van der Waals surface area contributed by atoms with Crippen molar-refractivity contribution in [2.45, 2.75) is 12.1 Å². The minimum Gasteiger partial charge on any atom is -0.494 e. The van der Waals surface area contributed by atoms with E-state index in [0.29, 0.717) is 29.0 Å². The number of nitrogens with zero attached hydrogens (tertiary/aromatic N) is 4. The lowest BCUT2D eigenvalue weighted by atomic mass is 10.1. The monoisotopic (exact) mass is 435 g/mol. The van der Waals surface area contributed by atoms with Crippen LogP contribution in [-0.2, 0) is 4.79 Å². The number of nitrogens with one attached hydrogen (secondary N) is 2. The number of rotatable bonds is 8. The number of nitrogen functional groups attached to an aromatic ring is 1. The molecule has 2 aromatic carbocycles. The highest BCUT2D eigenvalue weighted by atomic mass is 32.2. The summed E-state index contributed by atoms with van der Waals surface area (Å²) in [4.78, 5) is 12.3. The molecule has 4 N–H and O–H groups in total. The van der Waals surface area contributed by atoms with Gasteiger partial charge in [0.15, 0.2) is 0 Å². The molecule has 2 heterocycles. The summed E-state index contributed by atoms with van der Waals surface area (Å²) in [5.74, 6) is 7.30. The van der Waals surface area contributed by atoms with E-state index in [1.165, 1.54) is 16.4 Å². The highest BCUT2D eigenvalue weighted by Crippen LogP contribution is 2.24. The Labute approximate surface area is 183 Å². The number of nitrogens with two attached hydrogens (primary N) is 1. The number of hydrogen-bond donors (Lipinski definition) is 3. The van der Waals surface area contributed by atoms with Crippen LogP contribution in [0.1, 0.15) is 6.92 Å². The van der Waals surface area contributed by atoms with Crippen LogP contribution in [0.5, 0.6) is 5.75 Å². The van der Waals surface area contributed by atoms with Gasteiger partial charge >= 0.3 is 0 Å². The standard InChI is InChI=1S/C21H21N7O2S/c1-2-30-16-10-8-15(9-11-16)23-19(29)13-31-21-27-26-20(28(21)22)18-12-17(24-25-18)14-6-4-3-5-7-14/h3-12H,2,13,22H2,1H3,(H,23,29)(H,24,25). The molecule has 4 rings (SSSR count). The van der Waals surface area contributed by atoms with Crippen LogP contribution in [-0.4, -0.2) is 43.3 Å². The fraction of sp³-hybridized carbons (Fsp3) is 0.143. The first kappa shape index (κ1) is 20.5. The Morgan fingerprint density at radius 2 is 1.94 bits per heavy atom. The van der Waals surface area contributed by atoms with Crippen molar-refractivity contribution in [2.75, 3.05) is 23.5 Å². The molecule has 1 amide bonds. The van der Waals surface area contributed by atoms with Crippen molar-refractivity contribution in [1.82, 2.24) is 25.1 Å². The first-order valence-electron chi connectivity index (χ1n) is 9.61. The molecule has 0 saturated heterocycles. The molecule has 10 heteroatoms. The average molecular weight is 436 g/mol. The molecule has 2 aromatic heterocycles. The summed E-state index contributed by atoms with van der Waals surface area (Å²) >= 11 is 1.20. The molecule has 4 aromatic rings. The van der Waals surface area contributed by atoms with Crippen molar-refractivity contribution in [3.63, 3.8) is 0 Å². The van der Waals surface area contributed by atoms with Gasteiger partial charge in [0, 0.05) is 11.3 Å². The smallest absolute Gasteiger partial charge is 0.234 e. The largest absolute Gasteiger partial charge is 0.494 e. The number of amides is 1. The number of ether oxygens (including phenoxy) is 1. The first-order chi connectivity index (χ1) is 15.1. The summed E-state index contributed by atoms with van der Waals surface area (Å²) in [6.45, 7) is 2.51. The van der Waals surface area contributed by atoms with E-state index in [9.17, 15) is 4.79 Å². The predicted octanol–water partition coefficient (Wildman–Crippen LogP) is 3.18. The molecule has 0 saturated carbocycles. The Hall–Kier alpha value is -3.79. The van der Waals surface area contributed by atoms with Gasteiger partial charge in [0.1, 0.15) is 11.4 Å². The molecule has 0 bridgehead atoms. The van der Waals surface area contributed by atoms with E-state index in [1.54, 1.807) is 12.1 Å². The van der Waals surface area contributed by atoms with Crippen molar-refractivity contribution >= 4 is 23.4 Å². The molecule has 0 spiro atoms. The second-order valence-corrected chi connectivity index (χ2v) is 7.45. The van der Waals surface area contributed by atoms with Gasteiger partial charge in [-0.2, -0.15) is 5.10 Å². The summed E-state index contributed by atoms with van der Waals surface area (Å²) in [5.41, 5.74) is 3.09. The molecule has 0 aliphatic heterocycles. The Balaban J connectivity index is 1.37. The van der Waals surface area contributed by atoms with Crippen molar-refractivity contribution in [3.8, 4) is 28.5 Å². The first-order valence-corrected chi connectivity index (χ1v) is 10.6. The van der Waals surface area contributed by atoms with Crippen molar-refractivity contribution < 1.29 is 9.53 Å². The normalized spacial score (nSPS) is 10.7. The van der Waals surface area contributed by atoms with Gasteiger partial charge in [-0.1, -0.05) is 42.1 Å². The summed E-state index contributed by atoms with van der Waals surface area (Å²) in [7, 11) is 0. The number of thioether (sulfide) groups is 1. The zero-order valence-corrected chi connectivity index (χ0v) is 17.6. The van der Waals surface area contributed by atoms with Gasteiger partial charge in [0.25, 0.3) is 0 Å². The quantitative estimate of drug-likeness (QED) is 0.287. The van der Waals surface area contributed by atoms with E-state index in [0.717, 1.165) is 17.0 Å².